The molecular weight excluding hydrogens is 368 g/mol. The van der Waals surface area contributed by atoms with Crippen molar-refractivity contribution in [2.24, 2.45) is 7.05 Å². The fourth-order valence-electron chi connectivity index (χ4n) is 3.09. The third kappa shape index (κ3) is 4.48. The van der Waals surface area contributed by atoms with E-state index in [0.29, 0.717) is 32.5 Å². The first kappa shape index (κ1) is 19.4. The standard InChI is InChI=1S/C18H24N4O4S/c1-20-14-17(13-19-20)27(24,25)22-9-3-8-21(10-11-22)18(23)12-15-4-6-16(26-2)7-5-15/h4-7,13-14H,3,8-12H2,1-2H3. The van der Waals surface area contributed by atoms with E-state index in [4.69, 9.17) is 4.74 Å². The summed E-state index contributed by atoms with van der Waals surface area (Å²) in [6, 6.07) is 7.39. The largest absolute Gasteiger partial charge is 0.497 e. The lowest BCUT2D eigenvalue weighted by Gasteiger charge is -2.21. The van der Waals surface area contributed by atoms with Crippen LogP contribution in [-0.4, -0.2) is 66.6 Å². The van der Waals surface area contributed by atoms with Gasteiger partial charge in [-0.25, -0.2) is 8.42 Å². The predicted octanol–water partition coefficient (Wildman–Crippen LogP) is 0.894. The molecule has 0 radical (unpaired) electrons. The molecule has 27 heavy (non-hydrogen) atoms. The first-order valence-electron chi connectivity index (χ1n) is 8.79. The monoisotopic (exact) mass is 392 g/mol. The van der Waals surface area contributed by atoms with E-state index in [9.17, 15) is 13.2 Å². The number of ether oxygens (including phenoxy) is 1. The number of aryl methyl sites for hydroxylation is 1. The molecule has 146 valence electrons. The molecule has 1 aliphatic heterocycles. The summed E-state index contributed by atoms with van der Waals surface area (Å²) in [6.07, 6.45) is 3.74. The number of methoxy groups -OCH3 is 1. The van der Waals surface area contributed by atoms with Crippen molar-refractivity contribution in [1.29, 1.82) is 0 Å². The molecule has 0 atom stereocenters. The Morgan fingerprint density at radius 2 is 1.89 bits per heavy atom. The molecule has 8 nitrogen and oxygen atoms in total. The highest BCUT2D eigenvalue weighted by atomic mass is 32.2. The van der Waals surface area contributed by atoms with E-state index in [2.05, 4.69) is 5.10 Å². The summed E-state index contributed by atoms with van der Waals surface area (Å²) in [5, 5.41) is 3.94. The Balaban J connectivity index is 1.62. The van der Waals surface area contributed by atoms with E-state index in [-0.39, 0.29) is 17.3 Å². The van der Waals surface area contributed by atoms with Crippen molar-refractivity contribution in [2.75, 3.05) is 33.3 Å². The third-order valence-electron chi connectivity index (χ3n) is 4.64. The Hall–Kier alpha value is -2.39. The van der Waals surface area contributed by atoms with Crippen molar-refractivity contribution in [1.82, 2.24) is 19.0 Å². The highest BCUT2D eigenvalue weighted by molar-refractivity contribution is 7.89. The Morgan fingerprint density at radius 1 is 1.15 bits per heavy atom. The van der Waals surface area contributed by atoms with Crippen LogP contribution >= 0.6 is 0 Å². The fraction of sp³-hybridized carbons (Fsp3) is 0.444. The first-order valence-corrected chi connectivity index (χ1v) is 10.2. The SMILES string of the molecule is COc1ccc(CC(=O)N2CCCN(S(=O)(=O)c3cnn(C)c3)CC2)cc1. The third-order valence-corrected chi connectivity index (χ3v) is 6.49. The van der Waals surface area contributed by atoms with Gasteiger partial charge in [-0.15, -0.1) is 0 Å². The van der Waals surface area contributed by atoms with E-state index < -0.39 is 10.0 Å². The van der Waals surface area contributed by atoms with Crippen molar-refractivity contribution in [2.45, 2.75) is 17.7 Å². The molecule has 0 aliphatic carbocycles. The van der Waals surface area contributed by atoms with Crippen LogP contribution in [0.25, 0.3) is 0 Å². The fourth-order valence-corrected chi connectivity index (χ4v) is 4.55. The van der Waals surface area contributed by atoms with Crippen LogP contribution in [0.1, 0.15) is 12.0 Å². The van der Waals surface area contributed by atoms with Gasteiger partial charge in [0.2, 0.25) is 15.9 Å². The van der Waals surface area contributed by atoms with Gasteiger partial charge in [0.25, 0.3) is 0 Å². The zero-order valence-electron chi connectivity index (χ0n) is 15.5. The van der Waals surface area contributed by atoms with Crippen LogP contribution in [-0.2, 0) is 28.3 Å². The minimum Gasteiger partial charge on any atom is -0.497 e. The second kappa shape index (κ2) is 8.10. The summed E-state index contributed by atoms with van der Waals surface area (Å²) in [4.78, 5) is 14.5. The summed E-state index contributed by atoms with van der Waals surface area (Å²) in [7, 11) is -0.301. The van der Waals surface area contributed by atoms with Crippen molar-refractivity contribution in [3.63, 3.8) is 0 Å². The zero-order chi connectivity index (χ0) is 19.4. The molecule has 0 unspecified atom stereocenters. The molecule has 1 aromatic heterocycles. The molecule has 0 saturated carbocycles. The maximum atomic E-state index is 12.7. The number of hydrogen-bond acceptors (Lipinski definition) is 5. The first-order chi connectivity index (χ1) is 12.9. The molecule has 3 rings (SSSR count). The van der Waals surface area contributed by atoms with Gasteiger partial charge in [0.05, 0.1) is 19.7 Å². The normalized spacial score (nSPS) is 16.1. The zero-order valence-corrected chi connectivity index (χ0v) is 16.4. The number of carbonyl (C=O) groups excluding carboxylic acids is 1. The molecular formula is C18H24N4O4S. The number of rotatable bonds is 5. The number of amides is 1. The van der Waals surface area contributed by atoms with Gasteiger partial charge in [-0.2, -0.15) is 9.40 Å². The molecule has 9 heteroatoms. The van der Waals surface area contributed by atoms with Crippen LogP contribution in [0.2, 0.25) is 0 Å². The lowest BCUT2D eigenvalue weighted by atomic mass is 10.1. The summed E-state index contributed by atoms with van der Waals surface area (Å²) in [6.45, 7) is 1.61. The van der Waals surface area contributed by atoms with Crippen molar-refractivity contribution in [3.8, 4) is 5.75 Å². The van der Waals surface area contributed by atoms with Crippen LogP contribution in [0, 0.1) is 0 Å². The topological polar surface area (TPSA) is 84.7 Å². The Morgan fingerprint density at radius 3 is 2.52 bits per heavy atom. The molecule has 1 aliphatic rings. The van der Waals surface area contributed by atoms with Crippen LogP contribution in [0.15, 0.2) is 41.6 Å². The molecule has 1 aromatic carbocycles. The number of carbonyl (C=O) groups is 1. The second-order valence-corrected chi connectivity index (χ2v) is 8.45. The van der Waals surface area contributed by atoms with Gasteiger partial charge >= 0.3 is 0 Å². The number of aromatic nitrogens is 2. The number of benzene rings is 1. The maximum absolute atomic E-state index is 12.7. The van der Waals surface area contributed by atoms with Crippen molar-refractivity contribution < 1.29 is 17.9 Å². The minimum atomic E-state index is -3.58. The maximum Gasteiger partial charge on any atom is 0.246 e. The Bertz CT molecular complexity index is 892. The molecule has 0 bridgehead atoms. The van der Waals surface area contributed by atoms with Crippen molar-refractivity contribution >= 4 is 15.9 Å². The van der Waals surface area contributed by atoms with Crippen LogP contribution in [0.3, 0.4) is 0 Å². The van der Waals surface area contributed by atoms with Gasteiger partial charge in [0, 0.05) is 39.4 Å². The molecule has 1 saturated heterocycles. The van der Waals surface area contributed by atoms with E-state index in [1.807, 2.05) is 24.3 Å². The summed E-state index contributed by atoms with van der Waals surface area (Å²) >= 11 is 0. The number of nitrogens with zero attached hydrogens (tertiary/aromatic N) is 4. The molecule has 0 N–H and O–H groups in total. The molecule has 2 aromatic rings. The van der Waals surface area contributed by atoms with Crippen LogP contribution < -0.4 is 4.74 Å². The molecule has 1 fully saturated rings. The molecule has 0 spiro atoms. The van der Waals surface area contributed by atoms with Gasteiger partial charge < -0.3 is 9.64 Å². The lowest BCUT2D eigenvalue weighted by molar-refractivity contribution is -0.130. The van der Waals surface area contributed by atoms with Gasteiger partial charge in [-0.1, -0.05) is 12.1 Å². The Labute approximate surface area is 159 Å². The highest BCUT2D eigenvalue weighted by Crippen LogP contribution is 2.18. The predicted molar refractivity (Wildman–Crippen MR) is 99.9 cm³/mol. The van der Waals surface area contributed by atoms with Gasteiger partial charge in [0.15, 0.2) is 0 Å². The highest BCUT2D eigenvalue weighted by Gasteiger charge is 2.29. The van der Waals surface area contributed by atoms with E-state index in [1.165, 1.54) is 21.4 Å². The average Bonchev–Trinajstić information content (AvgIpc) is 2.94. The van der Waals surface area contributed by atoms with E-state index in [1.54, 1.807) is 19.1 Å². The van der Waals surface area contributed by atoms with Gasteiger partial charge in [0.1, 0.15) is 10.6 Å². The van der Waals surface area contributed by atoms with Gasteiger partial charge in [-0.3, -0.25) is 9.48 Å². The molecule has 2 heterocycles. The smallest absolute Gasteiger partial charge is 0.246 e. The summed E-state index contributed by atoms with van der Waals surface area (Å²) in [5.41, 5.74) is 0.907. The second-order valence-electron chi connectivity index (χ2n) is 6.51. The van der Waals surface area contributed by atoms with Crippen LogP contribution in [0.5, 0.6) is 5.75 Å². The van der Waals surface area contributed by atoms with E-state index >= 15 is 0 Å². The quantitative estimate of drug-likeness (QED) is 0.755. The number of sulfonamides is 1. The molecule has 1 amide bonds. The van der Waals surface area contributed by atoms with Crippen molar-refractivity contribution in [3.05, 3.63) is 42.2 Å². The lowest BCUT2D eigenvalue weighted by Crippen LogP contribution is -2.37. The van der Waals surface area contributed by atoms with E-state index in [0.717, 1.165) is 11.3 Å². The van der Waals surface area contributed by atoms with Gasteiger partial charge in [-0.05, 0) is 24.1 Å². The minimum absolute atomic E-state index is 0.000734. The number of hydrogen-bond donors (Lipinski definition) is 0. The Kier molecular flexibility index (Phi) is 5.81. The van der Waals surface area contributed by atoms with Crippen LogP contribution in [0.4, 0.5) is 0 Å². The average molecular weight is 392 g/mol. The summed E-state index contributed by atoms with van der Waals surface area (Å²) in [5.74, 6) is 0.748. The summed E-state index contributed by atoms with van der Waals surface area (Å²) < 4.78 is 33.5.